The van der Waals surface area contributed by atoms with Crippen LogP contribution in [0.3, 0.4) is 0 Å². The number of ether oxygens (including phenoxy) is 1. The van der Waals surface area contributed by atoms with Gasteiger partial charge in [0.15, 0.2) is 0 Å². The monoisotopic (exact) mass is 532 g/mol. The molecule has 0 spiro atoms. The molecule has 1 aromatic heterocycles. The average molecular weight is 533 g/mol. The molecule has 6 rings (SSSR count). The van der Waals surface area contributed by atoms with Crippen molar-refractivity contribution in [3.05, 3.63) is 53.0 Å². The SMILES string of the molecule is CCc1c(F)ccc2cccc(N3CCc4c(nc(OCC5(CN(C)C)CC5)nc4N4CCN(C)CC4)C3)c12. The zero-order chi connectivity index (χ0) is 27.1. The number of rotatable bonds is 8. The summed E-state index contributed by atoms with van der Waals surface area (Å²) in [4.78, 5) is 19.4. The van der Waals surface area contributed by atoms with Crippen molar-refractivity contribution in [1.82, 2.24) is 19.8 Å². The number of fused-ring (bicyclic) bond motifs is 2. The minimum Gasteiger partial charge on any atom is -0.463 e. The van der Waals surface area contributed by atoms with E-state index >= 15 is 0 Å². The van der Waals surface area contributed by atoms with Crippen LogP contribution < -0.4 is 14.5 Å². The molecule has 2 aromatic carbocycles. The molecule has 208 valence electrons. The van der Waals surface area contributed by atoms with Crippen molar-refractivity contribution in [3.8, 4) is 6.01 Å². The van der Waals surface area contributed by atoms with E-state index < -0.39 is 0 Å². The van der Waals surface area contributed by atoms with Gasteiger partial charge in [-0.05, 0) is 69.9 Å². The van der Waals surface area contributed by atoms with Crippen LogP contribution in [0.4, 0.5) is 15.9 Å². The highest BCUT2D eigenvalue weighted by Crippen LogP contribution is 2.46. The molecule has 0 bridgehead atoms. The molecule has 1 aliphatic carbocycles. The van der Waals surface area contributed by atoms with E-state index in [2.05, 4.69) is 58.9 Å². The van der Waals surface area contributed by atoms with Gasteiger partial charge in [0, 0.05) is 61.3 Å². The van der Waals surface area contributed by atoms with Crippen LogP contribution >= 0.6 is 0 Å². The Bertz CT molecular complexity index is 1350. The van der Waals surface area contributed by atoms with E-state index in [1.54, 1.807) is 6.07 Å². The topological polar surface area (TPSA) is 48.0 Å². The number of hydrogen-bond acceptors (Lipinski definition) is 7. The Hall–Kier alpha value is -2.97. The molecule has 1 saturated heterocycles. The summed E-state index contributed by atoms with van der Waals surface area (Å²) in [6.07, 6.45) is 3.89. The van der Waals surface area contributed by atoms with Gasteiger partial charge in [-0.1, -0.05) is 25.1 Å². The highest BCUT2D eigenvalue weighted by atomic mass is 19.1. The zero-order valence-corrected chi connectivity index (χ0v) is 23.8. The number of halogens is 1. The molecular formula is C31H41FN6O. The van der Waals surface area contributed by atoms with Crippen LogP contribution in [-0.4, -0.2) is 86.8 Å². The predicted molar refractivity (Wildman–Crippen MR) is 155 cm³/mol. The Labute approximate surface area is 231 Å². The summed E-state index contributed by atoms with van der Waals surface area (Å²) in [6, 6.07) is 10.3. The van der Waals surface area contributed by atoms with Crippen LogP contribution in [-0.2, 0) is 19.4 Å². The number of hydrogen-bond donors (Lipinski definition) is 0. The molecule has 0 radical (unpaired) electrons. The molecule has 0 unspecified atom stereocenters. The largest absolute Gasteiger partial charge is 0.463 e. The van der Waals surface area contributed by atoms with Gasteiger partial charge in [-0.2, -0.15) is 9.97 Å². The van der Waals surface area contributed by atoms with Gasteiger partial charge in [0.25, 0.3) is 0 Å². The Morgan fingerprint density at radius 1 is 1.00 bits per heavy atom. The number of nitrogens with zero attached hydrogens (tertiary/aromatic N) is 6. The molecule has 0 N–H and O–H groups in total. The lowest BCUT2D eigenvalue weighted by Crippen LogP contribution is -2.46. The van der Waals surface area contributed by atoms with Crippen molar-refractivity contribution in [1.29, 1.82) is 0 Å². The van der Waals surface area contributed by atoms with Gasteiger partial charge in [-0.3, -0.25) is 0 Å². The first-order chi connectivity index (χ1) is 18.9. The molecular weight excluding hydrogens is 491 g/mol. The van der Waals surface area contributed by atoms with E-state index in [1.165, 1.54) is 18.4 Å². The molecule has 8 heteroatoms. The third-order valence-corrected chi connectivity index (χ3v) is 8.71. The maximum absolute atomic E-state index is 14.8. The van der Waals surface area contributed by atoms with Crippen molar-refractivity contribution < 1.29 is 9.13 Å². The Balaban J connectivity index is 1.34. The lowest BCUT2D eigenvalue weighted by Gasteiger charge is -2.37. The second-order valence-electron chi connectivity index (χ2n) is 12.0. The quantitative estimate of drug-likeness (QED) is 0.427. The number of aryl methyl sites for hydroxylation is 1. The fraction of sp³-hybridized carbons (Fsp3) is 0.548. The van der Waals surface area contributed by atoms with Crippen molar-refractivity contribution in [2.24, 2.45) is 5.41 Å². The molecule has 2 aliphatic heterocycles. The normalized spacial score (nSPS) is 19.0. The smallest absolute Gasteiger partial charge is 0.318 e. The molecule has 3 aromatic rings. The van der Waals surface area contributed by atoms with E-state index in [9.17, 15) is 4.39 Å². The molecule has 2 fully saturated rings. The maximum atomic E-state index is 14.8. The van der Waals surface area contributed by atoms with Crippen molar-refractivity contribution >= 4 is 22.3 Å². The van der Waals surface area contributed by atoms with Gasteiger partial charge >= 0.3 is 6.01 Å². The van der Waals surface area contributed by atoms with Crippen LogP contribution in [0.15, 0.2) is 30.3 Å². The molecule has 1 saturated carbocycles. The number of aromatic nitrogens is 2. The predicted octanol–water partition coefficient (Wildman–Crippen LogP) is 4.37. The molecule has 0 amide bonds. The zero-order valence-electron chi connectivity index (χ0n) is 23.8. The first kappa shape index (κ1) is 26.3. The first-order valence-corrected chi connectivity index (χ1v) is 14.4. The first-order valence-electron chi connectivity index (χ1n) is 14.4. The second kappa shape index (κ2) is 10.5. The van der Waals surface area contributed by atoms with Crippen LogP contribution in [0.25, 0.3) is 10.8 Å². The van der Waals surface area contributed by atoms with Crippen molar-refractivity contribution in [2.75, 3.05) is 76.8 Å². The van der Waals surface area contributed by atoms with Gasteiger partial charge in [-0.25, -0.2) is 4.39 Å². The minimum atomic E-state index is -0.128. The average Bonchev–Trinajstić information content (AvgIpc) is 3.70. The summed E-state index contributed by atoms with van der Waals surface area (Å²) < 4.78 is 21.2. The van der Waals surface area contributed by atoms with Crippen LogP contribution in [0, 0.1) is 11.2 Å². The van der Waals surface area contributed by atoms with Gasteiger partial charge < -0.3 is 24.3 Å². The number of benzene rings is 2. The molecule has 3 aliphatic rings. The van der Waals surface area contributed by atoms with E-state index in [-0.39, 0.29) is 11.2 Å². The van der Waals surface area contributed by atoms with E-state index in [4.69, 9.17) is 14.7 Å². The van der Waals surface area contributed by atoms with E-state index in [0.717, 1.165) is 79.2 Å². The third kappa shape index (κ3) is 5.29. The Morgan fingerprint density at radius 3 is 2.51 bits per heavy atom. The van der Waals surface area contributed by atoms with E-state index in [1.807, 2.05) is 13.0 Å². The summed E-state index contributed by atoms with van der Waals surface area (Å²) in [6.45, 7) is 9.17. The number of piperazine rings is 1. The third-order valence-electron chi connectivity index (χ3n) is 8.71. The standard InChI is InChI=1S/C31H41FN6O/c1-5-23-25(32)10-9-22-7-6-8-27(28(22)23)38-14-11-24-26(19-38)33-30(39-21-31(12-13-31)20-35(2)3)34-29(24)37-17-15-36(4)16-18-37/h6-10H,5,11-21H2,1-4H3. The lowest BCUT2D eigenvalue weighted by atomic mass is 9.97. The number of anilines is 2. The van der Waals surface area contributed by atoms with Gasteiger partial charge in [0.2, 0.25) is 0 Å². The highest BCUT2D eigenvalue weighted by Gasteiger charge is 2.44. The van der Waals surface area contributed by atoms with Gasteiger partial charge in [0.05, 0.1) is 18.8 Å². The fourth-order valence-corrected chi connectivity index (χ4v) is 6.37. The second-order valence-corrected chi connectivity index (χ2v) is 12.0. The summed E-state index contributed by atoms with van der Waals surface area (Å²) in [5.41, 5.74) is 4.35. The summed E-state index contributed by atoms with van der Waals surface area (Å²) in [5, 5.41) is 2.10. The van der Waals surface area contributed by atoms with Crippen molar-refractivity contribution in [2.45, 2.75) is 39.2 Å². The van der Waals surface area contributed by atoms with Crippen LogP contribution in [0.5, 0.6) is 6.01 Å². The van der Waals surface area contributed by atoms with Crippen LogP contribution in [0.2, 0.25) is 0 Å². The Kier molecular flexibility index (Phi) is 7.10. The summed E-state index contributed by atoms with van der Waals surface area (Å²) in [5.74, 6) is 0.912. The summed E-state index contributed by atoms with van der Waals surface area (Å²) >= 11 is 0. The number of likely N-dealkylation sites (N-methyl/N-ethyl adjacent to an activating group) is 1. The fourth-order valence-electron chi connectivity index (χ4n) is 6.37. The molecule has 39 heavy (non-hydrogen) atoms. The van der Waals surface area contributed by atoms with Crippen LogP contribution in [0.1, 0.15) is 36.6 Å². The minimum absolute atomic E-state index is 0.128. The Morgan fingerprint density at radius 2 is 1.79 bits per heavy atom. The molecule has 0 atom stereocenters. The summed E-state index contributed by atoms with van der Waals surface area (Å²) in [7, 11) is 6.42. The van der Waals surface area contributed by atoms with Gasteiger partial charge in [-0.15, -0.1) is 0 Å². The molecule has 3 heterocycles. The van der Waals surface area contributed by atoms with Crippen molar-refractivity contribution in [3.63, 3.8) is 0 Å². The van der Waals surface area contributed by atoms with E-state index in [0.29, 0.717) is 25.6 Å². The highest BCUT2D eigenvalue weighted by molar-refractivity contribution is 5.97. The van der Waals surface area contributed by atoms with Gasteiger partial charge in [0.1, 0.15) is 11.6 Å². The molecule has 7 nitrogen and oxygen atoms in total. The maximum Gasteiger partial charge on any atom is 0.318 e. The lowest BCUT2D eigenvalue weighted by molar-refractivity contribution is 0.182.